The fourth-order valence-corrected chi connectivity index (χ4v) is 2.20. The monoisotopic (exact) mass is 290 g/mol. The molecule has 114 valence electrons. The molecule has 21 heavy (non-hydrogen) atoms. The second-order valence-electron chi connectivity index (χ2n) is 4.93. The highest BCUT2D eigenvalue weighted by atomic mass is 16.5. The summed E-state index contributed by atoms with van der Waals surface area (Å²) in [5, 5.41) is 0. The highest BCUT2D eigenvalue weighted by Gasteiger charge is 2.07. The molecule has 1 aromatic heterocycles. The summed E-state index contributed by atoms with van der Waals surface area (Å²) in [4.78, 5) is 19.1. The average Bonchev–Trinajstić information content (AvgIpc) is 2.88. The van der Waals surface area contributed by atoms with Crippen LogP contribution < -0.4 is 4.74 Å². The van der Waals surface area contributed by atoms with Crippen molar-refractivity contribution in [3.63, 3.8) is 0 Å². The van der Waals surface area contributed by atoms with Crippen LogP contribution in [-0.2, 0) is 16.0 Å². The Balaban J connectivity index is 1.94. The molecular weight excluding hydrogens is 268 g/mol. The van der Waals surface area contributed by atoms with Gasteiger partial charge in [-0.1, -0.05) is 6.92 Å². The van der Waals surface area contributed by atoms with Gasteiger partial charge in [0.15, 0.2) is 0 Å². The van der Waals surface area contributed by atoms with Crippen molar-refractivity contribution < 1.29 is 14.3 Å². The van der Waals surface area contributed by atoms with E-state index in [9.17, 15) is 4.79 Å². The lowest BCUT2D eigenvalue weighted by atomic mass is 10.2. The molecule has 2 rings (SSSR count). The Kier molecular flexibility index (Phi) is 5.20. The molecular formula is C16H22N2O3. The number of aromatic amines is 1. The lowest BCUT2D eigenvalue weighted by Crippen LogP contribution is -2.06. The molecule has 0 fully saturated rings. The van der Waals surface area contributed by atoms with Gasteiger partial charge in [0, 0.05) is 18.9 Å². The topological polar surface area (TPSA) is 64.2 Å². The van der Waals surface area contributed by atoms with Crippen LogP contribution in [0.25, 0.3) is 11.0 Å². The maximum atomic E-state index is 11.2. The summed E-state index contributed by atoms with van der Waals surface area (Å²) in [5.41, 5.74) is 3.07. The van der Waals surface area contributed by atoms with Gasteiger partial charge >= 0.3 is 5.97 Å². The van der Waals surface area contributed by atoms with E-state index in [1.807, 2.05) is 19.1 Å². The first-order valence-corrected chi connectivity index (χ1v) is 7.41. The van der Waals surface area contributed by atoms with Gasteiger partial charge < -0.3 is 14.5 Å². The predicted octanol–water partition coefficient (Wildman–Crippen LogP) is 3.16. The number of aromatic nitrogens is 2. The number of rotatable bonds is 7. The van der Waals surface area contributed by atoms with Crippen molar-refractivity contribution in [1.82, 2.24) is 9.97 Å². The number of nitrogens with zero attached hydrogens (tertiary/aromatic N) is 1. The lowest BCUT2D eigenvalue weighted by Gasteiger charge is -2.07. The summed E-state index contributed by atoms with van der Waals surface area (Å²) < 4.78 is 10.6. The van der Waals surface area contributed by atoms with E-state index in [-0.39, 0.29) is 5.97 Å². The minimum absolute atomic E-state index is 0.172. The van der Waals surface area contributed by atoms with E-state index in [1.54, 1.807) is 6.92 Å². The largest absolute Gasteiger partial charge is 0.493 e. The van der Waals surface area contributed by atoms with E-state index in [2.05, 4.69) is 16.9 Å². The van der Waals surface area contributed by atoms with E-state index in [0.717, 1.165) is 34.6 Å². The van der Waals surface area contributed by atoms with Crippen LogP contribution in [0.3, 0.4) is 0 Å². The zero-order valence-corrected chi connectivity index (χ0v) is 12.9. The fraction of sp³-hybridized carbons (Fsp3) is 0.500. The summed E-state index contributed by atoms with van der Waals surface area (Å²) in [7, 11) is 0. The predicted molar refractivity (Wildman–Crippen MR) is 81.6 cm³/mol. The maximum absolute atomic E-state index is 11.2. The molecule has 1 N–H and O–H groups in total. The normalized spacial score (nSPS) is 10.8. The molecule has 0 amide bonds. The summed E-state index contributed by atoms with van der Waals surface area (Å²) in [6, 6.07) is 3.94. The number of imidazole rings is 1. The van der Waals surface area contributed by atoms with Gasteiger partial charge in [-0.05, 0) is 31.9 Å². The first kappa shape index (κ1) is 15.4. The van der Waals surface area contributed by atoms with E-state index < -0.39 is 0 Å². The molecule has 5 nitrogen and oxygen atoms in total. The quantitative estimate of drug-likeness (QED) is 0.628. The Morgan fingerprint density at radius 1 is 1.33 bits per heavy atom. The number of esters is 1. The van der Waals surface area contributed by atoms with E-state index >= 15 is 0 Å². The number of fused-ring (bicyclic) bond motifs is 1. The van der Waals surface area contributed by atoms with Crippen LogP contribution in [0.1, 0.15) is 38.1 Å². The van der Waals surface area contributed by atoms with E-state index in [1.165, 1.54) is 0 Å². The molecule has 0 aliphatic rings. The molecule has 1 heterocycles. The number of hydrogen-bond donors (Lipinski definition) is 1. The fourth-order valence-electron chi connectivity index (χ4n) is 2.20. The summed E-state index contributed by atoms with van der Waals surface area (Å²) in [6.45, 7) is 6.82. The molecule has 0 spiro atoms. The lowest BCUT2D eigenvalue weighted by molar-refractivity contribution is -0.143. The zero-order valence-electron chi connectivity index (χ0n) is 12.9. The van der Waals surface area contributed by atoms with Crippen molar-refractivity contribution in [2.45, 2.75) is 40.0 Å². The van der Waals surface area contributed by atoms with Gasteiger partial charge in [0.25, 0.3) is 0 Å². The smallest absolute Gasteiger partial charge is 0.305 e. The average molecular weight is 290 g/mol. The number of H-pyrrole nitrogens is 1. The standard InChI is InChI=1S/C16H22N2O3/c1-4-14-17-13-10-12(9-11(3)16(13)18-14)21-8-6-7-15(19)20-5-2/h9-10H,4-8H2,1-3H3,(H,17,18). The van der Waals surface area contributed by atoms with Crippen molar-refractivity contribution in [1.29, 1.82) is 0 Å². The van der Waals surface area contributed by atoms with Crippen LogP contribution >= 0.6 is 0 Å². The molecule has 1 aromatic carbocycles. The molecule has 0 unspecified atom stereocenters. The van der Waals surface area contributed by atoms with Crippen molar-refractivity contribution in [3.8, 4) is 5.75 Å². The molecule has 0 radical (unpaired) electrons. The second-order valence-corrected chi connectivity index (χ2v) is 4.93. The third-order valence-electron chi connectivity index (χ3n) is 3.23. The molecule has 0 bridgehead atoms. The van der Waals surface area contributed by atoms with Gasteiger partial charge in [0.1, 0.15) is 11.6 Å². The van der Waals surface area contributed by atoms with Crippen LogP contribution in [0.15, 0.2) is 12.1 Å². The van der Waals surface area contributed by atoms with Gasteiger partial charge in [-0.2, -0.15) is 0 Å². The van der Waals surface area contributed by atoms with Crippen LogP contribution in [0.5, 0.6) is 5.75 Å². The van der Waals surface area contributed by atoms with Crippen LogP contribution in [0.4, 0.5) is 0 Å². The first-order valence-electron chi connectivity index (χ1n) is 7.41. The number of aryl methyl sites for hydroxylation is 2. The molecule has 0 aliphatic carbocycles. The van der Waals surface area contributed by atoms with Gasteiger partial charge in [-0.15, -0.1) is 0 Å². The minimum atomic E-state index is -0.172. The first-order chi connectivity index (χ1) is 10.1. The number of carbonyl (C=O) groups is 1. The Labute approximate surface area is 124 Å². The van der Waals surface area contributed by atoms with Crippen molar-refractivity contribution in [2.24, 2.45) is 0 Å². The van der Waals surface area contributed by atoms with Crippen molar-refractivity contribution >= 4 is 17.0 Å². The number of benzene rings is 1. The van der Waals surface area contributed by atoms with E-state index in [4.69, 9.17) is 9.47 Å². The van der Waals surface area contributed by atoms with Gasteiger partial charge in [0.2, 0.25) is 0 Å². The molecule has 5 heteroatoms. The molecule has 0 saturated carbocycles. The van der Waals surface area contributed by atoms with Gasteiger partial charge in [-0.3, -0.25) is 4.79 Å². The third kappa shape index (κ3) is 3.97. The summed E-state index contributed by atoms with van der Waals surface area (Å²) in [6.07, 6.45) is 1.92. The maximum Gasteiger partial charge on any atom is 0.305 e. The Hall–Kier alpha value is -2.04. The summed E-state index contributed by atoms with van der Waals surface area (Å²) in [5.74, 6) is 1.61. The second kappa shape index (κ2) is 7.11. The molecule has 2 aromatic rings. The third-order valence-corrected chi connectivity index (χ3v) is 3.23. The number of nitrogens with one attached hydrogen (secondary N) is 1. The molecule has 0 atom stereocenters. The Morgan fingerprint density at radius 2 is 2.14 bits per heavy atom. The Morgan fingerprint density at radius 3 is 2.86 bits per heavy atom. The van der Waals surface area contributed by atoms with Gasteiger partial charge in [-0.25, -0.2) is 4.98 Å². The SMILES string of the molecule is CCOC(=O)CCCOc1cc(C)c2nc(CC)[nH]c2c1. The number of ether oxygens (including phenoxy) is 2. The van der Waals surface area contributed by atoms with Crippen LogP contribution in [0, 0.1) is 6.92 Å². The summed E-state index contributed by atoms with van der Waals surface area (Å²) >= 11 is 0. The number of carbonyl (C=O) groups excluding carboxylic acids is 1. The van der Waals surface area contributed by atoms with Crippen LogP contribution in [0.2, 0.25) is 0 Å². The highest BCUT2D eigenvalue weighted by Crippen LogP contribution is 2.23. The Bertz CT molecular complexity index is 619. The highest BCUT2D eigenvalue weighted by molar-refractivity contribution is 5.80. The van der Waals surface area contributed by atoms with Crippen molar-refractivity contribution in [2.75, 3.05) is 13.2 Å². The van der Waals surface area contributed by atoms with Gasteiger partial charge in [0.05, 0.1) is 24.2 Å². The van der Waals surface area contributed by atoms with E-state index in [0.29, 0.717) is 26.1 Å². The zero-order chi connectivity index (χ0) is 15.2. The van der Waals surface area contributed by atoms with Crippen molar-refractivity contribution in [3.05, 3.63) is 23.5 Å². The molecule has 0 saturated heterocycles. The van der Waals surface area contributed by atoms with Crippen LogP contribution in [-0.4, -0.2) is 29.2 Å². The molecule has 0 aliphatic heterocycles. The number of hydrogen-bond acceptors (Lipinski definition) is 4. The minimum Gasteiger partial charge on any atom is -0.493 e.